The van der Waals surface area contributed by atoms with Crippen LogP contribution in [0.3, 0.4) is 0 Å². The number of nitrogens with two attached hydrogens (primary N) is 1. The second-order valence-electron chi connectivity index (χ2n) is 4.01. The normalized spacial score (nSPS) is 15.6. The van der Waals surface area contributed by atoms with Crippen LogP contribution in [0.1, 0.15) is 40.0 Å². The Morgan fingerprint density at radius 2 is 1.50 bits per heavy atom. The van der Waals surface area contributed by atoms with Gasteiger partial charge < -0.3 is 15.5 Å². The Hall–Kier alpha value is -0.770. The lowest BCUT2D eigenvalue weighted by molar-refractivity contribution is 0.196. The van der Waals surface area contributed by atoms with Gasteiger partial charge >= 0.3 is 6.03 Å². The molecule has 2 amide bonds. The van der Waals surface area contributed by atoms with Crippen LogP contribution in [-0.4, -0.2) is 48.6 Å². The first-order valence-electron chi connectivity index (χ1n) is 6.42. The van der Waals surface area contributed by atoms with Crippen molar-refractivity contribution in [1.82, 2.24) is 9.80 Å². The van der Waals surface area contributed by atoms with Gasteiger partial charge in [0.1, 0.15) is 0 Å². The highest BCUT2D eigenvalue weighted by atomic mass is 16.2. The minimum Gasteiger partial charge on any atom is -0.351 e. The summed E-state index contributed by atoms with van der Waals surface area (Å²) in [6.45, 7) is 11.8. The molecule has 1 aliphatic rings. The number of primary amides is 1. The molecule has 1 fully saturated rings. The van der Waals surface area contributed by atoms with E-state index in [0.29, 0.717) is 0 Å². The van der Waals surface area contributed by atoms with E-state index in [1.54, 1.807) is 4.90 Å². The van der Waals surface area contributed by atoms with Gasteiger partial charge in [-0.3, -0.25) is 0 Å². The average molecular weight is 229 g/mol. The van der Waals surface area contributed by atoms with Gasteiger partial charge in [0.05, 0.1) is 0 Å². The molecule has 1 saturated heterocycles. The molecule has 1 heterocycles. The molecule has 1 rings (SSSR count). The zero-order chi connectivity index (χ0) is 12.4. The van der Waals surface area contributed by atoms with Crippen molar-refractivity contribution < 1.29 is 4.79 Å². The highest BCUT2D eigenvalue weighted by molar-refractivity contribution is 5.71. The summed E-state index contributed by atoms with van der Waals surface area (Å²) in [6.07, 6.45) is 3.47. The van der Waals surface area contributed by atoms with E-state index in [2.05, 4.69) is 25.7 Å². The molecular weight excluding hydrogens is 202 g/mol. The van der Waals surface area contributed by atoms with E-state index >= 15 is 0 Å². The van der Waals surface area contributed by atoms with Gasteiger partial charge in [0.2, 0.25) is 0 Å². The van der Waals surface area contributed by atoms with Crippen molar-refractivity contribution in [2.45, 2.75) is 40.0 Å². The van der Waals surface area contributed by atoms with Crippen molar-refractivity contribution in [2.75, 3.05) is 32.7 Å². The number of likely N-dealkylation sites (tertiary alicyclic amines) is 1. The lowest BCUT2D eigenvalue weighted by Crippen LogP contribution is -2.39. The molecule has 0 aromatic carbocycles. The third-order valence-electron chi connectivity index (χ3n) is 3.01. The van der Waals surface area contributed by atoms with Crippen molar-refractivity contribution in [3.63, 3.8) is 0 Å². The molecule has 0 radical (unpaired) electrons. The van der Waals surface area contributed by atoms with Gasteiger partial charge in [0.15, 0.2) is 0 Å². The molecule has 96 valence electrons. The lowest BCUT2D eigenvalue weighted by atomic mass is 10.1. The van der Waals surface area contributed by atoms with Gasteiger partial charge in [-0.05, 0) is 38.9 Å². The predicted octanol–water partition coefficient (Wildman–Crippen LogP) is 1.90. The summed E-state index contributed by atoms with van der Waals surface area (Å²) in [6, 6.07) is -0.269. The lowest BCUT2D eigenvalue weighted by Gasteiger charge is -2.24. The molecule has 2 N–H and O–H groups in total. The standard InChI is InChI=1S/C6H12N2O.C6H15N/c7-6(9)8-4-2-1-3-5-8;1-4-7(5-2)6-3/h1-5H2,(H2,7,9);4-6H2,1-3H3. The topological polar surface area (TPSA) is 49.6 Å². The Labute approximate surface area is 99.8 Å². The molecule has 4 heteroatoms. The Morgan fingerprint density at radius 1 is 1.06 bits per heavy atom. The fourth-order valence-electron chi connectivity index (χ4n) is 1.79. The predicted molar refractivity (Wildman–Crippen MR) is 68.5 cm³/mol. The highest BCUT2D eigenvalue weighted by Gasteiger charge is 2.11. The Kier molecular flexibility index (Phi) is 9.00. The highest BCUT2D eigenvalue weighted by Crippen LogP contribution is 2.07. The van der Waals surface area contributed by atoms with E-state index in [1.807, 2.05) is 0 Å². The van der Waals surface area contributed by atoms with Gasteiger partial charge in [0.25, 0.3) is 0 Å². The van der Waals surface area contributed by atoms with Crippen LogP contribution in [0.15, 0.2) is 0 Å². The molecule has 0 saturated carbocycles. The van der Waals surface area contributed by atoms with Crippen LogP contribution in [0.25, 0.3) is 0 Å². The number of amides is 2. The third-order valence-corrected chi connectivity index (χ3v) is 3.01. The average Bonchev–Trinajstić information content (AvgIpc) is 2.33. The first-order chi connectivity index (χ1) is 7.65. The number of carbonyl (C=O) groups is 1. The zero-order valence-electron chi connectivity index (χ0n) is 11.0. The van der Waals surface area contributed by atoms with Crippen LogP contribution < -0.4 is 5.73 Å². The van der Waals surface area contributed by atoms with Crippen LogP contribution in [0.2, 0.25) is 0 Å². The van der Waals surface area contributed by atoms with Crippen molar-refractivity contribution in [3.8, 4) is 0 Å². The van der Waals surface area contributed by atoms with Gasteiger partial charge in [-0.25, -0.2) is 4.79 Å². The number of hydrogen-bond donors (Lipinski definition) is 1. The molecule has 0 aliphatic carbocycles. The van der Waals surface area contributed by atoms with Crippen molar-refractivity contribution in [2.24, 2.45) is 5.73 Å². The molecule has 0 aromatic heterocycles. The maximum absolute atomic E-state index is 10.5. The van der Waals surface area contributed by atoms with E-state index in [0.717, 1.165) is 25.9 Å². The quantitative estimate of drug-likeness (QED) is 0.803. The summed E-state index contributed by atoms with van der Waals surface area (Å²) < 4.78 is 0. The SMILES string of the molecule is CCN(CC)CC.NC(=O)N1CCCCC1. The number of nitrogens with zero attached hydrogens (tertiary/aromatic N) is 2. The first-order valence-corrected chi connectivity index (χ1v) is 6.42. The summed E-state index contributed by atoms with van der Waals surface area (Å²) in [4.78, 5) is 14.6. The molecule has 0 aromatic rings. The Balaban J connectivity index is 0.000000293. The van der Waals surface area contributed by atoms with Crippen molar-refractivity contribution in [3.05, 3.63) is 0 Å². The second-order valence-corrected chi connectivity index (χ2v) is 4.01. The van der Waals surface area contributed by atoms with Crippen LogP contribution in [-0.2, 0) is 0 Å². The van der Waals surface area contributed by atoms with E-state index in [-0.39, 0.29) is 6.03 Å². The number of urea groups is 1. The number of carbonyl (C=O) groups excluding carboxylic acids is 1. The maximum Gasteiger partial charge on any atom is 0.314 e. The molecule has 16 heavy (non-hydrogen) atoms. The minimum atomic E-state index is -0.269. The summed E-state index contributed by atoms with van der Waals surface area (Å²) in [5.41, 5.74) is 5.05. The van der Waals surface area contributed by atoms with E-state index in [1.165, 1.54) is 26.1 Å². The minimum absolute atomic E-state index is 0.269. The fraction of sp³-hybridized carbons (Fsp3) is 0.917. The van der Waals surface area contributed by atoms with Gasteiger partial charge in [-0.2, -0.15) is 0 Å². The largest absolute Gasteiger partial charge is 0.351 e. The Bertz CT molecular complexity index is 170. The summed E-state index contributed by atoms with van der Waals surface area (Å²) >= 11 is 0. The number of rotatable bonds is 3. The Morgan fingerprint density at radius 3 is 1.69 bits per heavy atom. The number of hydrogen-bond acceptors (Lipinski definition) is 2. The zero-order valence-corrected chi connectivity index (χ0v) is 11.0. The van der Waals surface area contributed by atoms with Crippen LogP contribution >= 0.6 is 0 Å². The fourth-order valence-corrected chi connectivity index (χ4v) is 1.79. The monoisotopic (exact) mass is 229 g/mol. The second kappa shape index (κ2) is 9.46. The molecule has 0 bridgehead atoms. The summed E-state index contributed by atoms with van der Waals surface area (Å²) in [7, 11) is 0. The van der Waals surface area contributed by atoms with E-state index < -0.39 is 0 Å². The third kappa shape index (κ3) is 6.67. The molecule has 0 unspecified atom stereocenters. The van der Waals surface area contributed by atoms with Gasteiger partial charge in [-0.15, -0.1) is 0 Å². The summed E-state index contributed by atoms with van der Waals surface area (Å²) in [5.74, 6) is 0. The first kappa shape index (κ1) is 15.2. The van der Waals surface area contributed by atoms with Gasteiger partial charge in [-0.1, -0.05) is 20.8 Å². The van der Waals surface area contributed by atoms with Crippen LogP contribution in [0.5, 0.6) is 0 Å². The molecule has 4 nitrogen and oxygen atoms in total. The van der Waals surface area contributed by atoms with Crippen molar-refractivity contribution >= 4 is 6.03 Å². The van der Waals surface area contributed by atoms with Crippen LogP contribution in [0, 0.1) is 0 Å². The number of piperidine rings is 1. The maximum atomic E-state index is 10.5. The van der Waals surface area contributed by atoms with E-state index in [4.69, 9.17) is 5.73 Å². The smallest absolute Gasteiger partial charge is 0.314 e. The van der Waals surface area contributed by atoms with E-state index in [9.17, 15) is 4.79 Å². The van der Waals surface area contributed by atoms with Crippen molar-refractivity contribution in [1.29, 1.82) is 0 Å². The molecule has 0 atom stereocenters. The molecule has 0 spiro atoms. The van der Waals surface area contributed by atoms with Gasteiger partial charge in [0, 0.05) is 13.1 Å². The summed E-state index contributed by atoms with van der Waals surface area (Å²) in [5, 5.41) is 0. The molecular formula is C12H27N3O. The molecule has 1 aliphatic heterocycles. The van der Waals surface area contributed by atoms with Crippen LogP contribution in [0.4, 0.5) is 4.79 Å².